The maximum absolute atomic E-state index is 6.34. The summed E-state index contributed by atoms with van der Waals surface area (Å²) in [7, 11) is 0. The van der Waals surface area contributed by atoms with Crippen molar-refractivity contribution in [3.63, 3.8) is 0 Å². The van der Waals surface area contributed by atoms with Gasteiger partial charge in [0.15, 0.2) is 5.82 Å². The predicted octanol–water partition coefficient (Wildman–Crippen LogP) is 3.31. The molecule has 0 saturated heterocycles. The van der Waals surface area contributed by atoms with Crippen molar-refractivity contribution in [2.24, 2.45) is 5.73 Å². The number of hydrogen-bond acceptors (Lipinski definition) is 4. The highest BCUT2D eigenvalue weighted by Crippen LogP contribution is 2.34. The number of halogens is 1. The first-order chi connectivity index (χ1) is 9.67. The number of aryl methyl sites for hydroxylation is 3. The fraction of sp³-hybridized carbons (Fsp3) is 0.500. The molecule has 1 aliphatic rings. The van der Waals surface area contributed by atoms with Gasteiger partial charge in [0.05, 0.1) is 5.54 Å². The molecular weight excluding hydrogens is 286 g/mol. The average Bonchev–Trinajstić information content (AvgIpc) is 3.08. The molecular formula is C16H22ClN3O. The van der Waals surface area contributed by atoms with E-state index in [9.17, 15) is 0 Å². The molecule has 21 heavy (non-hydrogen) atoms. The van der Waals surface area contributed by atoms with Crippen LogP contribution in [-0.4, -0.2) is 10.1 Å². The monoisotopic (exact) mass is 307 g/mol. The first-order valence-electron chi connectivity index (χ1n) is 7.34. The van der Waals surface area contributed by atoms with E-state index >= 15 is 0 Å². The topological polar surface area (TPSA) is 64.9 Å². The molecule has 2 aromatic rings. The van der Waals surface area contributed by atoms with Crippen molar-refractivity contribution in [3.05, 3.63) is 47.1 Å². The molecule has 1 aromatic heterocycles. The van der Waals surface area contributed by atoms with E-state index in [0.29, 0.717) is 11.7 Å². The second kappa shape index (κ2) is 6.58. The Bertz CT molecular complexity index is 591. The lowest BCUT2D eigenvalue weighted by Gasteiger charge is -2.17. The molecule has 1 aromatic carbocycles. The Morgan fingerprint density at radius 1 is 1.19 bits per heavy atom. The molecule has 0 amide bonds. The predicted molar refractivity (Wildman–Crippen MR) is 84.5 cm³/mol. The maximum atomic E-state index is 6.34. The third-order valence-corrected chi connectivity index (χ3v) is 4.28. The van der Waals surface area contributed by atoms with Crippen LogP contribution in [0, 0.1) is 6.92 Å². The molecule has 0 radical (unpaired) electrons. The molecule has 2 N–H and O–H groups in total. The lowest BCUT2D eigenvalue weighted by Crippen LogP contribution is -2.34. The SMILES string of the molecule is Cc1ccccc1CCc1nc(C2(N)CCCC2)no1.Cl. The smallest absolute Gasteiger partial charge is 0.227 e. The van der Waals surface area contributed by atoms with E-state index in [-0.39, 0.29) is 17.9 Å². The van der Waals surface area contributed by atoms with Crippen molar-refractivity contribution < 1.29 is 4.52 Å². The van der Waals surface area contributed by atoms with Gasteiger partial charge in [0.2, 0.25) is 5.89 Å². The van der Waals surface area contributed by atoms with Gasteiger partial charge in [-0.15, -0.1) is 12.4 Å². The van der Waals surface area contributed by atoms with Crippen LogP contribution >= 0.6 is 12.4 Å². The van der Waals surface area contributed by atoms with Crippen molar-refractivity contribution >= 4 is 12.4 Å². The van der Waals surface area contributed by atoms with Gasteiger partial charge in [0, 0.05) is 6.42 Å². The van der Waals surface area contributed by atoms with Gasteiger partial charge in [-0.3, -0.25) is 0 Å². The fourth-order valence-corrected chi connectivity index (χ4v) is 2.92. The Morgan fingerprint density at radius 2 is 1.90 bits per heavy atom. The van der Waals surface area contributed by atoms with Crippen LogP contribution in [0.4, 0.5) is 0 Å². The highest BCUT2D eigenvalue weighted by Gasteiger charge is 2.35. The molecule has 5 heteroatoms. The molecule has 1 heterocycles. The van der Waals surface area contributed by atoms with Crippen LogP contribution in [0.1, 0.15) is 48.5 Å². The van der Waals surface area contributed by atoms with Gasteiger partial charge >= 0.3 is 0 Å². The second-order valence-corrected chi connectivity index (χ2v) is 5.80. The minimum atomic E-state index is -0.357. The van der Waals surface area contributed by atoms with Gasteiger partial charge in [0.1, 0.15) is 0 Å². The van der Waals surface area contributed by atoms with Crippen molar-refractivity contribution in [2.75, 3.05) is 0 Å². The Balaban J connectivity index is 0.00000161. The van der Waals surface area contributed by atoms with Crippen molar-refractivity contribution in [2.45, 2.75) is 51.0 Å². The van der Waals surface area contributed by atoms with Gasteiger partial charge in [-0.05, 0) is 37.3 Å². The average molecular weight is 308 g/mol. The lowest BCUT2D eigenvalue weighted by molar-refractivity contribution is 0.348. The molecule has 0 bridgehead atoms. The normalized spacial score (nSPS) is 16.7. The van der Waals surface area contributed by atoms with Gasteiger partial charge in [-0.2, -0.15) is 4.98 Å². The first-order valence-corrected chi connectivity index (χ1v) is 7.34. The van der Waals surface area contributed by atoms with Crippen LogP contribution in [0.2, 0.25) is 0 Å². The number of nitrogens with zero attached hydrogens (tertiary/aromatic N) is 2. The van der Waals surface area contributed by atoms with Gasteiger partial charge < -0.3 is 10.3 Å². The van der Waals surface area contributed by atoms with E-state index in [2.05, 4.69) is 41.3 Å². The third-order valence-electron chi connectivity index (χ3n) is 4.28. The van der Waals surface area contributed by atoms with Crippen molar-refractivity contribution in [1.29, 1.82) is 0 Å². The zero-order chi connectivity index (χ0) is 14.0. The summed E-state index contributed by atoms with van der Waals surface area (Å²) in [5.74, 6) is 1.38. The Morgan fingerprint density at radius 3 is 2.62 bits per heavy atom. The van der Waals surface area contributed by atoms with Crippen LogP contribution in [0.25, 0.3) is 0 Å². The summed E-state index contributed by atoms with van der Waals surface area (Å²) in [6.07, 6.45) is 5.93. The van der Waals surface area contributed by atoms with Crippen LogP contribution < -0.4 is 5.73 Å². The molecule has 4 nitrogen and oxygen atoms in total. The third kappa shape index (κ3) is 3.44. The quantitative estimate of drug-likeness (QED) is 0.941. The molecule has 3 rings (SSSR count). The summed E-state index contributed by atoms with van der Waals surface area (Å²) in [5.41, 5.74) is 8.62. The molecule has 114 valence electrons. The summed E-state index contributed by atoms with van der Waals surface area (Å²) in [5, 5.41) is 4.09. The van der Waals surface area contributed by atoms with Crippen LogP contribution in [-0.2, 0) is 18.4 Å². The standard InChI is InChI=1S/C16H21N3O.ClH/c1-12-6-2-3-7-13(12)8-9-14-18-15(19-20-14)16(17)10-4-5-11-16;/h2-3,6-7H,4-5,8-11,17H2,1H3;1H. The van der Waals surface area contributed by atoms with Crippen LogP contribution in [0.5, 0.6) is 0 Å². The summed E-state index contributed by atoms with van der Waals surface area (Å²) in [4.78, 5) is 4.51. The summed E-state index contributed by atoms with van der Waals surface area (Å²) >= 11 is 0. The van der Waals surface area contributed by atoms with E-state index in [1.807, 2.05) is 0 Å². The van der Waals surface area contributed by atoms with Gasteiger partial charge in [0.25, 0.3) is 0 Å². The fourth-order valence-electron chi connectivity index (χ4n) is 2.92. The summed E-state index contributed by atoms with van der Waals surface area (Å²) in [6.45, 7) is 2.13. The largest absolute Gasteiger partial charge is 0.339 e. The minimum absolute atomic E-state index is 0. The van der Waals surface area contributed by atoms with Crippen LogP contribution in [0.15, 0.2) is 28.8 Å². The highest BCUT2D eigenvalue weighted by molar-refractivity contribution is 5.85. The zero-order valence-corrected chi connectivity index (χ0v) is 13.2. The Labute approximate surface area is 131 Å². The van der Waals surface area contributed by atoms with Gasteiger partial charge in [-0.1, -0.05) is 42.3 Å². The Hall–Kier alpha value is -1.39. The number of benzene rings is 1. The molecule has 0 unspecified atom stereocenters. The van der Waals surface area contributed by atoms with Crippen molar-refractivity contribution in [3.8, 4) is 0 Å². The van der Waals surface area contributed by atoms with E-state index in [1.165, 1.54) is 11.1 Å². The van der Waals surface area contributed by atoms with E-state index in [1.54, 1.807) is 0 Å². The zero-order valence-electron chi connectivity index (χ0n) is 12.3. The molecule has 0 aliphatic heterocycles. The maximum Gasteiger partial charge on any atom is 0.227 e. The summed E-state index contributed by atoms with van der Waals surface area (Å²) < 4.78 is 5.36. The molecule has 1 aliphatic carbocycles. The van der Waals surface area contributed by atoms with Crippen LogP contribution in [0.3, 0.4) is 0 Å². The van der Waals surface area contributed by atoms with E-state index in [4.69, 9.17) is 10.3 Å². The van der Waals surface area contributed by atoms with E-state index < -0.39 is 0 Å². The molecule has 0 spiro atoms. The first kappa shape index (κ1) is 16.0. The number of nitrogens with two attached hydrogens (primary N) is 1. The lowest BCUT2D eigenvalue weighted by atomic mass is 9.98. The van der Waals surface area contributed by atoms with Gasteiger partial charge in [-0.25, -0.2) is 0 Å². The van der Waals surface area contributed by atoms with Crippen molar-refractivity contribution in [1.82, 2.24) is 10.1 Å². The Kier molecular flexibility index (Phi) is 5.01. The number of hydrogen-bond donors (Lipinski definition) is 1. The molecule has 1 fully saturated rings. The number of rotatable bonds is 4. The summed E-state index contributed by atoms with van der Waals surface area (Å²) in [6, 6.07) is 8.40. The minimum Gasteiger partial charge on any atom is -0.339 e. The highest BCUT2D eigenvalue weighted by atomic mass is 35.5. The second-order valence-electron chi connectivity index (χ2n) is 5.80. The van der Waals surface area contributed by atoms with E-state index in [0.717, 1.165) is 38.5 Å². The molecule has 1 saturated carbocycles. The number of aromatic nitrogens is 2. The molecule has 0 atom stereocenters.